The third-order valence-corrected chi connectivity index (χ3v) is 8.03. The zero-order valence-corrected chi connectivity index (χ0v) is 26.3. The molecule has 0 aliphatic carbocycles. The summed E-state index contributed by atoms with van der Waals surface area (Å²) in [7, 11) is 0. The normalized spacial score (nSPS) is 12.3. The number of amidine groups is 1. The molecule has 6 rings (SSSR count). The van der Waals surface area contributed by atoms with Gasteiger partial charge in [-0.25, -0.2) is 4.98 Å². The third kappa shape index (κ3) is 7.98. The lowest BCUT2D eigenvalue weighted by atomic mass is 10.1. The molecule has 2 aromatic carbocycles. The summed E-state index contributed by atoms with van der Waals surface area (Å²) in [6.45, 7) is 3.22. The average molecular weight is 627 g/mol. The number of aromatic nitrogens is 5. The van der Waals surface area contributed by atoms with Gasteiger partial charge in [-0.05, 0) is 90.9 Å². The van der Waals surface area contributed by atoms with E-state index in [0.29, 0.717) is 36.6 Å². The summed E-state index contributed by atoms with van der Waals surface area (Å²) in [5.41, 5.74) is 7.61. The van der Waals surface area contributed by atoms with E-state index >= 15 is 0 Å². The molecule has 5 N–H and O–H groups in total. The number of aliphatic hydroxyl groups is 1. The number of rotatable bonds is 13. The van der Waals surface area contributed by atoms with E-state index in [2.05, 4.69) is 36.6 Å². The van der Waals surface area contributed by atoms with Gasteiger partial charge in [-0.2, -0.15) is 0 Å². The lowest BCUT2D eigenvalue weighted by Gasteiger charge is -2.19. The summed E-state index contributed by atoms with van der Waals surface area (Å²) in [6.07, 6.45) is 11.0. The molecule has 0 aliphatic rings. The van der Waals surface area contributed by atoms with Gasteiger partial charge in [0.2, 0.25) is 0 Å². The summed E-state index contributed by atoms with van der Waals surface area (Å²) in [5.74, 6) is 1.24. The number of benzene rings is 2. The molecule has 10 nitrogen and oxygen atoms in total. The van der Waals surface area contributed by atoms with E-state index in [1.54, 1.807) is 37.1 Å². The molecular formula is C37H38N8O2. The number of hydrogen-bond donors (Lipinski definition) is 5. The number of aromatic amines is 2. The van der Waals surface area contributed by atoms with Crippen molar-refractivity contribution < 1.29 is 5.11 Å². The predicted octanol–water partition coefficient (Wildman–Crippen LogP) is 4.85. The molecule has 0 saturated heterocycles. The van der Waals surface area contributed by atoms with Gasteiger partial charge < -0.3 is 25.7 Å². The summed E-state index contributed by atoms with van der Waals surface area (Å²) < 4.78 is 0. The van der Waals surface area contributed by atoms with Crippen molar-refractivity contribution in [1.82, 2.24) is 30.2 Å². The number of imidazole rings is 1. The van der Waals surface area contributed by atoms with Crippen LogP contribution in [0, 0.1) is 6.92 Å². The van der Waals surface area contributed by atoms with Gasteiger partial charge in [-0.3, -0.25) is 19.8 Å². The lowest BCUT2D eigenvalue weighted by molar-refractivity contribution is 0.274. The Hall–Kier alpha value is -5.61. The Balaban J connectivity index is 1.29. The highest BCUT2D eigenvalue weighted by molar-refractivity contribution is 6.02. The average Bonchev–Trinajstić information content (AvgIpc) is 3.53. The van der Waals surface area contributed by atoms with Crippen molar-refractivity contribution in [3.05, 3.63) is 142 Å². The van der Waals surface area contributed by atoms with Crippen molar-refractivity contribution in [2.45, 2.75) is 32.2 Å². The molecule has 0 saturated carbocycles. The fourth-order valence-electron chi connectivity index (χ4n) is 5.63. The minimum Gasteiger partial charge on any atom is -0.394 e. The van der Waals surface area contributed by atoms with Gasteiger partial charge in [0.1, 0.15) is 17.2 Å². The van der Waals surface area contributed by atoms with E-state index in [-0.39, 0.29) is 18.2 Å². The first kappa shape index (κ1) is 31.4. The van der Waals surface area contributed by atoms with Crippen molar-refractivity contribution >= 4 is 22.6 Å². The minimum absolute atomic E-state index is 0.0961. The number of nitrogens with one attached hydrogen (secondary N) is 4. The standard InChI is InChI=1S/C37H38N8O2/c1-25-21-29(35(40-18-11-26-7-14-38-15-8-26)41-19-12-27-9-16-39-17-10-27)23-32-34(25)45-36(44-32)33-31(13-20-42-37(33)47)43-30(24-46)22-28-5-3-2-4-6-28/h2-10,13-17,20-21,23,30,46H,11-12,18-19,22,24H2,1H3,(H,40,41)(H,44,45)(H2,42,43,47). The maximum Gasteiger partial charge on any atom is 0.261 e. The van der Waals surface area contributed by atoms with Crippen LogP contribution in [0.25, 0.3) is 22.4 Å². The van der Waals surface area contributed by atoms with Crippen molar-refractivity contribution in [3.63, 3.8) is 0 Å². The van der Waals surface area contributed by atoms with Gasteiger partial charge >= 0.3 is 0 Å². The summed E-state index contributed by atoms with van der Waals surface area (Å²) >= 11 is 0. The Morgan fingerprint density at radius 1 is 0.915 bits per heavy atom. The first-order valence-corrected chi connectivity index (χ1v) is 15.8. The number of aryl methyl sites for hydroxylation is 1. The van der Waals surface area contributed by atoms with E-state index in [1.807, 2.05) is 67.6 Å². The van der Waals surface area contributed by atoms with Gasteiger partial charge in [0.05, 0.1) is 29.4 Å². The van der Waals surface area contributed by atoms with Crippen LogP contribution in [0.1, 0.15) is 27.8 Å². The molecule has 6 aromatic rings. The van der Waals surface area contributed by atoms with Crippen molar-refractivity contribution in [1.29, 1.82) is 0 Å². The second-order valence-corrected chi connectivity index (χ2v) is 11.5. The van der Waals surface area contributed by atoms with Gasteiger partial charge in [-0.15, -0.1) is 0 Å². The van der Waals surface area contributed by atoms with Crippen molar-refractivity contribution in [3.8, 4) is 11.4 Å². The molecule has 47 heavy (non-hydrogen) atoms. The van der Waals surface area contributed by atoms with E-state index in [9.17, 15) is 9.90 Å². The molecule has 238 valence electrons. The van der Waals surface area contributed by atoms with Crippen LogP contribution in [0.15, 0.2) is 114 Å². The number of fused-ring (bicyclic) bond motifs is 1. The second kappa shape index (κ2) is 15.1. The van der Waals surface area contributed by atoms with E-state index in [4.69, 9.17) is 9.98 Å². The van der Waals surface area contributed by atoms with Crippen LogP contribution < -0.4 is 16.2 Å². The van der Waals surface area contributed by atoms with Crippen molar-refractivity contribution in [2.75, 3.05) is 25.0 Å². The molecule has 0 spiro atoms. The number of nitrogens with zero attached hydrogens (tertiary/aromatic N) is 4. The Bertz CT molecular complexity index is 1990. The Morgan fingerprint density at radius 2 is 1.64 bits per heavy atom. The van der Waals surface area contributed by atoms with Crippen LogP contribution in [0.5, 0.6) is 0 Å². The predicted molar refractivity (Wildman–Crippen MR) is 187 cm³/mol. The molecule has 0 amide bonds. The van der Waals surface area contributed by atoms with Crippen LogP contribution in [0.4, 0.5) is 5.69 Å². The minimum atomic E-state index is -0.292. The Morgan fingerprint density at radius 3 is 2.36 bits per heavy atom. The number of aliphatic imine (C=N–C) groups is 1. The smallest absolute Gasteiger partial charge is 0.261 e. The Labute approximate surface area is 273 Å². The molecule has 10 heteroatoms. The molecule has 4 heterocycles. The maximum atomic E-state index is 13.2. The highest BCUT2D eigenvalue weighted by Gasteiger charge is 2.19. The SMILES string of the molecule is Cc1cc(C(=NCCc2ccncc2)NCCc2ccncc2)cc2[nH]c(-c3c(NC(CO)Cc4ccccc4)cc[nH]c3=O)nc12. The van der Waals surface area contributed by atoms with E-state index in [0.717, 1.165) is 46.4 Å². The molecular weight excluding hydrogens is 588 g/mol. The van der Waals surface area contributed by atoms with Crippen molar-refractivity contribution in [2.24, 2.45) is 4.99 Å². The highest BCUT2D eigenvalue weighted by Crippen LogP contribution is 2.27. The quantitative estimate of drug-likeness (QED) is 0.0911. The Kier molecular flexibility index (Phi) is 10.1. The monoisotopic (exact) mass is 626 g/mol. The third-order valence-electron chi connectivity index (χ3n) is 8.03. The summed E-state index contributed by atoms with van der Waals surface area (Å²) in [6, 6.07) is 23.6. The highest BCUT2D eigenvalue weighted by atomic mass is 16.3. The van der Waals surface area contributed by atoms with Crippen LogP contribution in [-0.4, -0.2) is 61.6 Å². The van der Waals surface area contributed by atoms with Gasteiger partial charge in [0.25, 0.3) is 5.56 Å². The van der Waals surface area contributed by atoms with Crippen LogP contribution >= 0.6 is 0 Å². The molecule has 1 atom stereocenters. The molecule has 4 aromatic heterocycles. The number of H-pyrrole nitrogens is 2. The van der Waals surface area contributed by atoms with Crippen LogP contribution in [-0.2, 0) is 19.3 Å². The lowest BCUT2D eigenvalue weighted by Crippen LogP contribution is -2.28. The topological polar surface area (TPSA) is 144 Å². The summed E-state index contributed by atoms with van der Waals surface area (Å²) in [5, 5.41) is 17.1. The van der Waals surface area contributed by atoms with E-state index in [1.165, 1.54) is 11.1 Å². The van der Waals surface area contributed by atoms with Gasteiger partial charge in [0, 0.05) is 49.6 Å². The fourth-order valence-corrected chi connectivity index (χ4v) is 5.63. The second-order valence-electron chi connectivity index (χ2n) is 11.5. The first-order chi connectivity index (χ1) is 23.1. The van der Waals surface area contributed by atoms with Crippen LogP contribution in [0.2, 0.25) is 0 Å². The maximum absolute atomic E-state index is 13.2. The zero-order valence-electron chi connectivity index (χ0n) is 26.3. The molecule has 0 radical (unpaired) electrons. The van der Waals surface area contributed by atoms with E-state index < -0.39 is 0 Å². The van der Waals surface area contributed by atoms with Crippen LogP contribution in [0.3, 0.4) is 0 Å². The van der Waals surface area contributed by atoms with Gasteiger partial charge in [0.15, 0.2) is 0 Å². The number of hydrogen-bond acceptors (Lipinski definition) is 7. The largest absolute Gasteiger partial charge is 0.394 e. The first-order valence-electron chi connectivity index (χ1n) is 15.8. The molecule has 0 bridgehead atoms. The number of anilines is 1. The fraction of sp³-hybridized carbons (Fsp3) is 0.216. The molecule has 0 fully saturated rings. The van der Waals surface area contributed by atoms with Gasteiger partial charge in [-0.1, -0.05) is 30.3 Å². The number of pyridine rings is 3. The molecule has 1 unspecified atom stereocenters. The molecule has 0 aliphatic heterocycles. The number of aliphatic hydroxyl groups excluding tert-OH is 1. The summed E-state index contributed by atoms with van der Waals surface area (Å²) in [4.78, 5) is 37.5. The zero-order chi connectivity index (χ0) is 32.4.